The van der Waals surface area contributed by atoms with Gasteiger partial charge in [-0.15, -0.1) is 11.3 Å². The Morgan fingerprint density at radius 1 is 1.35 bits per heavy atom. The van der Waals surface area contributed by atoms with Crippen LogP contribution in [-0.2, 0) is 13.0 Å². The van der Waals surface area contributed by atoms with Crippen molar-refractivity contribution in [3.05, 3.63) is 68.4 Å². The van der Waals surface area contributed by atoms with Gasteiger partial charge in [0.2, 0.25) is 0 Å². The van der Waals surface area contributed by atoms with Gasteiger partial charge >= 0.3 is 0 Å². The zero-order valence-corrected chi connectivity index (χ0v) is 13.9. The molecule has 4 heterocycles. The van der Waals surface area contributed by atoms with Crippen molar-refractivity contribution in [3.63, 3.8) is 0 Å². The van der Waals surface area contributed by atoms with E-state index in [1.807, 2.05) is 29.5 Å². The molecule has 0 fully saturated rings. The lowest BCUT2D eigenvalue weighted by Gasteiger charge is -2.35. The first-order chi connectivity index (χ1) is 11.3. The van der Waals surface area contributed by atoms with E-state index in [1.54, 1.807) is 16.7 Å². The fraction of sp³-hybridized carbons (Fsp3) is 0.333. The number of thiophene rings is 1. The topological polar surface area (TPSA) is 37.6 Å². The number of fused-ring (bicyclic) bond motifs is 2. The van der Waals surface area contributed by atoms with Crippen molar-refractivity contribution in [2.45, 2.75) is 32.4 Å². The predicted octanol–water partition coefficient (Wildman–Crippen LogP) is 3.27. The second-order valence-electron chi connectivity index (χ2n) is 5.96. The molecule has 0 aromatic carbocycles. The maximum atomic E-state index is 12.3. The maximum Gasteiger partial charge on any atom is 0.258 e. The third-order valence-corrected chi connectivity index (χ3v) is 5.58. The minimum Gasteiger partial charge on any atom is -0.290 e. The average molecular weight is 325 g/mol. The van der Waals surface area contributed by atoms with Crippen LogP contribution in [0.15, 0.2) is 46.7 Å². The number of rotatable bonds is 3. The SMILES string of the molecule is CC[C@@H]1c2ccsc2CCN1Cc1cc(=O)n2ccccc2n1. The third-order valence-electron chi connectivity index (χ3n) is 4.58. The molecule has 0 unspecified atom stereocenters. The zero-order valence-electron chi connectivity index (χ0n) is 13.1. The summed E-state index contributed by atoms with van der Waals surface area (Å²) in [6, 6.07) is 10.0. The standard InChI is InChI=1S/C18H19N3OS/c1-2-15-14-7-10-23-16(14)6-9-20(15)12-13-11-18(22)21-8-4-3-5-17(21)19-13/h3-5,7-8,10-11,15H,2,6,9,12H2,1H3/t15-/m1/s1. The molecule has 23 heavy (non-hydrogen) atoms. The van der Waals surface area contributed by atoms with Crippen LogP contribution in [0.1, 0.15) is 35.5 Å². The summed E-state index contributed by atoms with van der Waals surface area (Å²) >= 11 is 1.86. The van der Waals surface area contributed by atoms with Crippen LogP contribution in [0.4, 0.5) is 0 Å². The average Bonchev–Trinajstić information content (AvgIpc) is 3.03. The van der Waals surface area contributed by atoms with Gasteiger partial charge in [0, 0.05) is 36.3 Å². The van der Waals surface area contributed by atoms with E-state index in [9.17, 15) is 4.79 Å². The van der Waals surface area contributed by atoms with E-state index in [-0.39, 0.29) is 5.56 Å². The van der Waals surface area contributed by atoms with Crippen LogP contribution in [0.3, 0.4) is 0 Å². The highest BCUT2D eigenvalue weighted by Crippen LogP contribution is 2.35. The van der Waals surface area contributed by atoms with E-state index in [0.717, 1.165) is 37.3 Å². The third kappa shape index (κ3) is 2.60. The van der Waals surface area contributed by atoms with Crippen LogP contribution < -0.4 is 5.56 Å². The minimum atomic E-state index is -0.00752. The molecule has 1 atom stereocenters. The Morgan fingerprint density at radius 2 is 2.26 bits per heavy atom. The Bertz CT molecular complexity index is 898. The molecule has 4 nitrogen and oxygen atoms in total. The van der Waals surface area contributed by atoms with Gasteiger partial charge in [-0.25, -0.2) is 4.98 Å². The van der Waals surface area contributed by atoms with Gasteiger partial charge < -0.3 is 0 Å². The fourth-order valence-corrected chi connectivity index (χ4v) is 4.44. The number of pyridine rings is 1. The number of nitrogens with zero attached hydrogens (tertiary/aromatic N) is 3. The summed E-state index contributed by atoms with van der Waals surface area (Å²) < 4.78 is 1.59. The first-order valence-electron chi connectivity index (χ1n) is 8.04. The Morgan fingerprint density at radius 3 is 3.13 bits per heavy atom. The molecule has 0 saturated carbocycles. The molecule has 1 aliphatic rings. The van der Waals surface area contributed by atoms with Crippen LogP contribution >= 0.6 is 11.3 Å². The molecule has 3 aromatic heterocycles. The molecule has 1 aliphatic heterocycles. The first-order valence-corrected chi connectivity index (χ1v) is 8.92. The molecule has 118 valence electrons. The van der Waals surface area contributed by atoms with Gasteiger partial charge in [-0.2, -0.15) is 0 Å². The molecule has 0 amide bonds. The van der Waals surface area contributed by atoms with Crippen molar-refractivity contribution < 1.29 is 0 Å². The molecular weight excluding hydrogens is 306 g/mol. The summed E-state index contributed by atoms with van der Waals surface area (Å²) in [4.78, 5) is 20.9. The largest absolute Gasteiger partial charge is 0.290 e. The molecule has 0 bridgehead atoms. The van der Waals surface area contributed by atoms with Crippen LogP contribution in [0.25, 0.3) is 5.65 Å². The Kier molecular flexibility index (Phi) is 3.75. The normalized spacial score (nSPS) is 18.2. The van der Waals surface area contributed by atoms with Crippen LogP contribution in [0.5, 0.6) is 0 Å². The van der Waals surface area contributed by atoms with E-state index < -0.39 is 0 Å². The smallest absolute Gasteiger partial charge is 0.258 e. The second kappa shape index (κ2) is 5.91. The molecule has 3 aromatic rings. The van der Waals surface area contributed by atoms with Gasteiger partial charge in [-0.05, 0) is 42.0 Å². The molecule has 0 N–H and O–H groups in total. The Labute approximate surface area is 139 Å². The monoisotopic (exact) mass is 325 g/mol. The van der Waals surface area contributed by atoms with Crippen LogP contribution in [0, 0.1) is 0 Å². The first kappa shape index (κ1) is 14.6. The zero-order chi connectivity index (χ0) is 15.8. The molecular formula is C18H19N3OS. The molecule has 0 aliphatic carbocycles. The van der Waals surface area contributed by atoms with E-state index in [2.05, 4.69) is 28.3 Å². The molecule has 5 heteroatoms. The Balaban J connectivity index is 1.67. The summed E-state index contributed by atoms with van der Waals surface area (Å²) in [5.74, 6) is 0. The van der Waals surface area contributed by atoms with Crippen molar-refractivity contribution in [2.24, 2.45) is 0 Å². The lowest BCUT2D eigenvalue weighted by Crippen LogP contribution is -2.34. The van der Waals surface area contributed by atoms with Crippen LogP contribution in [-0.4, -0.2) is 20.8 Å². The van der Waals surface area contributed by atoms with Gasteiger partial charge in [0.1, 0.15) is 5.65 Å². The lowest BCUT2D eigenvalue weighted by atomic mass is 9.97. The summed E-state index contributed by atoms with van der Waals surface area (Å²) in [5, 5.41) is 2.19. The fourth-order valence-electron chi connectivity index (χ4n) is 3.51. The van der Waals surface area contributed by atoms with Crippen molar-refractivity contribution in [1.29, 1.82) is 0 Å². The van der Waals surface area contributed by atoms with Gasteiger partial charge in [0.15, 0.2) is 0 Å². The maximum absolute atomic E-state index is 12.3. The summed E-state index contributed by atoms with van der Waals surface area (Å²) in [6.07, 6.45) is 3.94. The van der Waals surface area contributed by atoms with E-state index in [4.69, 9.17) is 0 Å². The van der Waals surface area contributed by atoms with Gasteiger partial charge in [-0.1, -0.05) is 13.0 Å². The van der Waals surface area contributed by atoms with Crippen molar-refractivity contribution >= 4 is 17.0 Å². The van der Waals surface area contributed by atoms with Crippen LogP contribution in [0.2, 0.25) is 0 Å². The van der Waals surface area contributed by atoms with Crippen molar-refractivity contribution in [2.75, 3.05) is 6.54 Å². The number of hydrogen-bond acceptors (Lipinski definition) is 4. The van der Waals surface area contributed by atoms with Crippen molar-refractivity contribution in [1.82, 2.24) is 14.3 Å². The van der Waals surface area contributed by atoms with E-state index >= 15 is 0 Å². The Hall–Kier alpha value is -1.98. The van der Waals surface area contributed by atoms with Crippen molar-refractivity contribution in [3.8, 4) is 0 Å². The second-order valence-corrected chi connectivity index (χ2v) is 6.96. The molecule has 0 saturated heterocycles. The van der Waals surface area contributed by atoms with E-state index in [0.29, 0.717) is 6.04 Å². The minimum absolute atomic E-state index is 0.00752. The van der Waals surface area contributed by atoms with Gasteiger partial charge in [0.05, 0.1) is 5.69 Å². The summed E-state index contributed by atoms with van der Waals surface area (Å²) in [7, 11) is 0. The predicted molar refractivity (Wildman–Crippen MR) is 92.9 cm³/mol. The summed E-state index contributed by atoms with van der Waals surface area (Å²) in [5.41, 5.74) is 3.03. The number of hydrogen-bond donors (Lipinski definition) is 0. The highest BCUT2D eigenvalue weighted by atomic mass is 32.1. The van der Waals surface area contributed by atoms with Gasteiger partial charge in [-0.3, -0.25) is 14.1 Å². The molecule has 4 rings (SSSR count). The highest BCUT2D eigenvalue weighted by Gasteiger charge is 2.27. The lowest BCUT2D eigenvalue weighted by molar-refractivity contribution is 0.171. The number of aromatic nitrogens is 2. The molecule has 0 radical (unpaired) electrons. The molecule has 0 spiro atoms. The quantitative estimate of drug-likeness (QED) is 0.742. The van der Waals surface area contributed by atoms with Gasteiger partial charge in [0.25, 0.3) is 5.56 Å². The summed E-state index contributed by atoms with van der Waals surface area (Å²) in [6.45, 7) is 3.99. The highest BCUT2D eigenvalue weighted by molar-refractivity contribution is 7.10. The van der Waals surface area contributed by atoms with E-state index in [1.165, 1.54) is 10.4 Å².